The summed E-state index contributed by atoms with van der Waals surface area (Å²) in [4.78, 5) is 14.5. The predicted octanol–water partition coefficient (Wildman–Crippen LogP) is 4.72. The van der Waals surface area contributed by atoms with Gasteiger partial charge in [0.05, 0.1) is 5.69 Å². The summed E-state index contributed by atoms with van der Waals surface area (Å²) in [5.41, 5.74) is 1.44. The lowest BCUT2D eigenvalue weighted by atomic mass is 10.2. The highest BCUT2D eigenvalue weighted by Crippen LogP contribution is 2.32. The van der Waals surface area contributed by atoms with E-state index < -0.39 is 5.76 Å². The third kappa shape index (κ3) is 4.85. The molecule has 1 unspecified atom stereocenters. The van der Waals surface area contributed by atoms with Gasteiger partial charge in [-0.25, -0.2) is 4.79 Å². The second-order valence-electron chi connectivity index (χ2n) is 5.75. The Morgan fingerprint density at radius 3 is 2.60 bits per heavy atom. The smallest absolute Gasteiger partial charge is 0.321 e. The van der Waals surface area contributed by atoms with Crippen LogP contribution in [0.15, 0.2) is 59.5 Å². The number of amides is 2. The quantitative estimate of drug-likeness (QED) is 0.756. The van der Waals surface area contributed by atoms with Gasteiger partial charge in [-0.1, -0.05) is 42.1 Å². The molecule has 2 aromatic carbocycles. The van der Waals surface area contributed by atoms with Gasteiger partial charge in [-0.05, 0) is 30.7 Å². The molecule has 7 heteroatoms. The Bertz CT molecular complexity index is 714. The minimum Gasteiger partial charge on any atom is -0.380 e. The van der Waals surface area contributed by atoms with E-state index in [1.54, 1.807) is 29.2 Å². The van der Waals surface area contributed by atoms with Crippen molar-refractivity contribution >= 4 is 29.2 Å². The highest BCUT2D eigenvalue weighted by atomic mass is 32.2. The number of urea groups is 1. The van der Waals surface area contributed by atoms with Crippen molar-refractivity contribution in [3.63, 3.8) is 0 Å². The Morgan fingerprint density at radius 1 is 1.12 bits per heavy atom. The van der Waals surface area contributed by atoms with E-state index in [-0.39, 0.29) is 12.1 Å². The average molecular weight is 363 g/mol. The Labute approximate surface area is 149 Å². The Hall–Kier alpha value is -2.28. The molecule has 1 saturated heterocycles. The standard InChI is InChI=1S/C18H19F2N3OS/c19-17(20)25-16-9-5-4-8-15(16)22-18(24)23-11-10-14(12-23)21-13-6-2-1-3-7-13/h1-9,14,17,21H,10-12H2,(H,22,24). The van der Waals surface area contributed by atoms with E-state index in [2.05, 4.69) is 10.6 Å². The van der Waals surface area contributed by atoms with Gasteiger partial charge in [0.2, 0.25) is 0 Å². The van der Waals surface area contributed by atoms with Gasteiger partial charge in [0, 0.05) is 29.7 Å². The van der Waals surface area contributed by atoms with E-state index in [0.29, 0.717) is 35.4 Å². The molecule has 0 aromatic heterocycles. The number of para-hydroxylation sites is 2. The van der Waals surface area contributed by atoms with Gasteiger partial charge in [0.15, 0.2) is 0 Å². The van der Waals surface area contributed by atoms with Crippen LogP contribution in [0.5, 0.6) is 0 Å². The topological polar surface area (TPSA) is 44.4 Å². The first-order valence-electron chi connectivity index (χ1n) is 8.03. The summed E-state index contributed by atoms with van der Waals surface area (Å²) < 4.78 is 25.3. The van der Waals surface area contributed by atoms with Crippen LogP contribution in [0.1, 0.15) is 6.42 Å². The Kier molecular flexibility index (Phi) is 5.75. The summed E-state index contributed by atoms with van der Waals surface area (Å²) >= 11 is 0.433. The molecule has 2 N–H and O–H groups in total. The lowest BCUT2D eigenvalue weighted by molar-refractivity contribution is 0.222. The molecule has 1 heterocycles. The zero-order chi connectivity index (χ0) is 17.6. The number of rotatable bonds is 5. The van der Waals surface area contributed by atoms with Crippen LogP contribution in [0.3, 0.4) is 0 Å². The number of nitrogens with one attached hydrogen (secondary N) is 2. The monoisotopic (exact) mass is 363 g/mol. The zero-order valence-electron chi connectivity index (χ0n) is 13.5. The lowest BCUT2D eigenvalue weighted by Crippen LogP contribution is -2.35. The fraction of sp³-hybridized carbons (Fsp3) is 0.278. The van der Waals surface area contributed by atoms with Crippen molar-refractivity contribution in [1.82, 2.24) is 4.90 Å². The maximum atomic E-state index is 12.6. The highest BCUT2D eigenvalue weighted by Gasteiger charge is 2.26. The zero-order valence-corrected chi connectivity index (χ0v) is 14.3. The summed E-state index contributed by atoms with van der Waals surface area (Å²) in [5, 5.41) is 6.15. The summed E-state index contributed by atoms with van der Waals surface area (Å²) in [7, 11) is 0. The number of nitrogens with zero attached hydrogens (tertiary/aromatic N) is 1. The normalized spacial score (nSPS) is 16.9. The molecule has 3 rings (SSSR count). The maximum Gasteiger partial charge on any atom is 0.321 e. The molecule has 1 aliphatic rings. The van der Waals surface area contributed by atoms with Crippen LogP contribution in [-0.2, 0) is 0 Å². The molecule has 0 saturated carbocycles. The van der Waals surface area contributed by atoms with E-state index in [1.807, 2.05) is 30.3 Å². The first-order chi connectivity index (χ1) is 12.1. The molecular formula is C18H19F2N3OS. The van der Waals surface area contributed by atoms with Crippen LogP contribution in [0.4, 0.5) is 25.0 Å². The summed E-state index contributed by atoms with van der Waals surface area (Å²) in [6.07, 6.45) is 0.843. The predicted molar refractivity (Wildman–Crippen MR) is 97.4 cm³/mol. The molecule has 2 aromatic rings. The van der Waals surface area contributed by atoms with E-state index in [9.17, 15) is 13.6 Å². The number of anilines is 2. The maximum absolute atomic E-state index is 12.6. The number of likely N-dealkylation sites (tertiary alicyclic amines) is 1. The van der Waals surface area contributed by atoms with Crippen molar-refractivity contribution in [2.75, 3.05) is 23.7 Å². The molecule has 1 fully saturated rings. The van der Waals surface area contributed by atoms with Gasteiger partial charge in [0.25, 0.3) is 5.76 Å². The van der Waals surface area contributed by atoms with Gasteiger partial charge < -0.3 is 15.5 Å². The number of halogens is 2. The highest BCUT2D eigenvalue weighted by molar-refractivity contribution is 7.99. The van der Waals surface area contributed by atoms with Crippen LogP contribution < -0.4 is 10.6 Å². The van der Waals surface area contributed by atoms with Crippen LogP contribution in [0, 0.1) is 0 Å². The van der Waals surface area contributed by atoms with E-state index >= 15 is 0 Å². The summed E-state index contributed by atoms with van der Waals surface area (Å²) in [6, 6.07) is 16.4. The third-order valence-electron chi connectivity index (χ3n) is 3.96. The number of benzene rings is 2. The van der Waals surface area contributed by atoms with Gasteiger partial charge in [-0.3, -0.25) is 0 Å². The lowest BCUT2D eigenvalue weighted by Gasteiger charge is -2.19. The van der Waals surface area contributed by atoms with Gasteiger partial charge in [-0.2, -0.15) is 8.78 Å². The fourth-order valence-corrected chi connectivity index (χ4v) is 3.39. The van der Waals surface area contributed by atoms with Gasteiger partial charge >= 0.3 is 6.03 Å². The molecule has 2 amide bonds. The molecule has 0 aliphatic carbocycles. The minimum atomic E-state index is -2.52. The van der Waals surface area contributed by atoms with Crippen LogP contribution in [-0.4, -0.2) is 35.8 Å². The van der Waals surface area contributed by atoms with Crippen molar-refractivity contribution < 1.29 is 13.6 Å². The Balaban J connectivity index is 1.58. The van der Waals surface area contributed by atoms with Crippen molar-refractivity contribution in [3.8, 4) is 0 Å². The second kappa shape index (κ2) is 8.20. The first kappa shape index (κ1) is 17.5. The van der Waals surface area contributed by atoms with Crippen LogP contribution in [0.25, 0.3) is 0 Å². The van der Waals surface area contributed by atoms with Crippen molar-refractivity contribution in [1.29, 1.82) is 0 Å². The number of hydrogen-bond donors (Lipinski definition) is 2. The van der Waals surface area contributed by atoms with E-state index in [4.69, 9.17) is 0 Å². The van der Waals surface area contributed by atoms with E-state index in [0.717, 1.165) is 12.1 Å². The molecular weight excluding hydrogens is 344 g/mol. The minimum absolute atomic E-state index is 0.179. The second-order valence-corrected chi connectivity index (χ2v) is 6.78. The summed E-state index contributed by atoms with van der Waals surface area (Å²) in [5.74, 6) is -2.52. The van der Waals surface area contributed by atoms with E-state index in [1.165, 1.54) is 0 Å². The SMILES string of the molecule is O=C(Nc1ccccc1SC(F)F)N1CCC(Nc2ccccc2)C1. The summed E-state index contributed by atoms with van der Waals surface area (Å²) in [6.45, 7) is 1.20. The van der Waals surface area contributed by atoms with Crippen molar-refractivity contribution in [2.24, 2.45) is 0 Å². The van der Waals surface area contributed by atoms with Crippen molar-refractivity contribution in [3.05, 3.63) is 54.6 Å². The molecule has 4 nitrogen and oxygen atoms in total. The molecule has 1 aliphatic heterocycles. The van der Waals surface area contributed by atoms with Gasteiger partial charge in [0.1, 0.15) is 0 Å². The first-order valence-corrected chi connectivity index (χ1v) is 8.91. The fourth-order valence-electron chi connectivity index (χ4n) is 2.80. The molecule has 25 heavy (non-hydrogen) atoms. The van der Waals surface area contributed by atoms with Gasteiger partial charge in [-0.15, -0.1) is 0 Å². The number of carbonyl (C=O) groups is 1. The Morgan fingerprint density at radius 2 is 1.84 bits per heavy atom. The third-order valence-corrected chi connectivity index (χ3v) is 4.75. The number of hydrogen-bond acceptors (Lipinski definition) is 3. The van der Waals surface area contributed by atoms with Crippen LogP contribution >= 0.6 is 11.8 Å². The molecule has 1 atom stereocenters. The average Bonchev–Trinajstić information content (AvgIpc) is 3.06. The largest absolute Gasteiger partial charge is 0.380 e. The van der Waals surface area contributed by atoms with Crippen molar-refractivity contribution in [2.45, 2.75) is 23.1 Å². The number of carbonyl (C=O) groups excluding carboxylic acids is 1. The number of alkyl halides is 2. The molecule has 0 spiro atoms. The molecule has 0 bridgehead atoms. The van der Waals surface area contributed by atoms with Crippen LogP contribution in [0.2, 0.25) is 0 Å². The number of thioether (sulfide) groups is 1. The molecule has 132 valence electrons. The molecule has 0 radical (unpaired) electrons.